The summed E-state index contributed by atoms with van der Waals surface area (Å²) < 4.78 is 5.51. The number of oxazole rings is 1. The molecular weight excluding hydrogens is 212 g/mol. The van der Waals surface area contributed by atoms with E-state index in [1.807, 2.05) is 25.1 Å². The van der Waals surface area contributed by atoms with Crippen LogP contribution in [0.3, 0.4) is 0 Å². The average molecular weight is 230 g/mol. The van der Waals surface area contributed by atoms with Gasteiger partial charge in [0.15, 0.2) is 0 Å². The van der Waals surface area contributed by atoms with Crippen molar-refractivity contribution < 1.29 is 4.42 Å². The van der Waals surface area contributed by atoms with Gasteiger partial charge in [-0.05, 0) is 26.3 Å². The summed E-state index contributed by atoms with van der Waals surface area (Å²) >= 11 is 0. The summed E-state index contributed by atoms with van der Waals surface area (Å²) in [5.41, 5.74) is 1.27. The molecular formula is C14H18N2O. The van der Waals surface area contributed by atoms with Crippen LogP contribution in [0, 0.1) is 6.92 Å². The van der Waals surface area contributed by atoms with E-state index in [0.717, 1.165) is 11.7 Å². The third-order valence-corrected chi connectivity index (χ3v) is 2.81. The van der Waals surface area contributed by atoms with Gasteiger partial charge in [0, 0.05) is 6.04 Å². The van der Waals surface area contributed by atoms with Gasteiger partial charge in [0.25, 0.3) is 0 Å². The Morgan fingerprint density at radius 1 is 1.12 bits per heavy atom. The van der Waals surface area contributed by atoms with Crippen molar-refractivity contribution in [3.63, 3.8) is 0 Å². The Labute approximate surface area is 102 Å². The fourth-order valence-corrected chi connectivity index (χ4v) is 1.86. The van der Waals surface area contributed by atoms with Crippen molar-refractivity contribution >= 4 is 0 Å². The van der Waals surface area contributed by atoms with Gasteiger partial charge in [0.2, 0.25) is 5.89 Å². The first-order chi connectivity index (χ1) is 8.16. The Bertz CT molecular complexity index is 464. The minimum absolute atomic E-state index is 0.110. The quantitative estimate of drug-likeness (QED) is 0.874. The second-order valence-corrected chi connectivity index (χ2v) is 4.33. The highest BCUT2D eigenvalue weighted by Crippen LogP contribution is 2.18. The lowest BCUT2D eigenvalue weighted by Gasteiger charge is -2.18. The van der Waals surface area contributed by atoms with Crippen LogP contribution in [0.1, 0.15) is 43.1 Å². The third kappa shape index (κ3) is 2.94. The topological polar surface area (TPSA) is 38.1 Å². The van der Waals surface area contributed by atoms with Gasteiger partial charge in [-0.3, -0.25) is 5.32 Å². The van der Waals surface area contributed by atoms with Crippen molar-refractivity contribution in [2.75, 3.05) is 0 Å². The average Bonchev–Trinajstić information content (AvgIpc) is 2.77. The van der Waals surface area contributed by atoms with Gasteiger partial charge in [-0.1, -0.05) is 30.3 Å². The van der Waals surface area contributed by atoms with Crippen LogP contribution in [0.2, 0.25) is 0 Å². The molecule has 0 amide bonds. The number of hydrogen-bond acceptors (Lipinski definition) is 3. The maximum absolute atomic E-state index is 5.51. The zero-order valence-electron chi connectivity index (χ0n) is 10.5. The lowest BCUT2D eigenvalue weighted by molar-refractivity contribution is 0.380. The molecule has 90 valence electrons. The van der Waals surface area contributed by atoms with Crippen LogP contribution in [-0.4, -0.2) is 4.98 Å². The van der Waals surface area contributed by atoms with E-state index in [2.05, 4.69) is 36.3 Å². The molecule has 0 saturated heterocycles. The molecule has 0 spiro atoms. The van der Waals surface area contributed by atoms with E-state index >= 15 is 0 Å². The van der Waals surface area contributed by atoms with Gasteiger partial charge in [0.1, 0.15) is 5.76 Å². The molecule has 3 heteroatoms. The minimum atomic E-state index is 0.110. The van der Waals surface area contributed by atoms with Crippen molar-refractivity contribution in [2.24, 2.45) is 0 Å². The predicted molar refractivity (Wildman–Crippen MR) is 67.6 cm³/mol. The largest absolute Gasteiger partial charge is 0.444 e. The molecule has 0 saturated carbocycles. The van der Waals surface area contributed by atoms with E-state index in [0.29, 0.717) is 0 Å². The lowest BCUT2D eigenvalue weighted by atomic mass is 10.1. The van der Waals surface area contributed by atoms with Gasteiger partial charge in [-0.25, -0.2) is 4.98 Å². The van der Waals surface area contributed by atoms with E-state index in [-0.39, 0.29) is 12.1 Å². The summed E-state index contributed by atoms with van der Waals surface area (Å²) in [6, 6.07) is 10.7. The van der Waals surface area contributed by atoms with Gasteiger partial charge in [0.05, 0.1) is 12.2 Å². The summed E-state index contributed by atoms with van der Waals surface area (Å²) in [5.74, 6) is 1.59. The molecule has 0 radical (unpaired) electrons. The zero-order chi connectivity index (χ0) is 12.3. The van der Waals surface area contributed by atoms with E-state index in [4.69, 9.17) is 4.42 Å². The number of rotatable bonds is 4. The molecule has 17 heavy (non-hydrogen) atoms. The first-order valence-electron chi connectivity index (χ1n) is 5.90. The summed E-state index contributed by atoms with van der Waals surface area (Å²) in [6.45, 7) is 6.11. The fraction of sp³-hybridized carbons (Fsp3) is 0.357. The minimum Gasteiger partial charge on any atom is -0.444 e. The standard InChI is InChI=1S/C14H18N2O/c1-10-9-15-14(17-10)12(3)16-11(2)13-7-5-4-6-8-13/h4-9,11-12,16H,1-3H3. The number of hydrogen-bond donors (Lipinski definition) is 1. The SMILES string of the molecule is Cc1cnc(C(C)NC(C)c2ccccc2)o1. The monoisotopic (exact) mass is 230 g/mol. The predicted octanol–water partition coefficient (Wildman–Crippen LogP) is 3.39. The highest BCUT2D eigenvalue weighted by Gasteiger charge is 2.14. The highest BCUT2D eigenvalue weighted by molar-refractivity contribution is 5.18. The van der Waals surface area contributed by atoms with Gasteiger partial charge < -0.3 is 4.42 Å². The molecule has 1 aromatic carbocycles. The van der Waals surface area contributed by atoms with Crippen molar-refractivity contribution in [1.29, 1.82) is 0 Å². The normalized spacial score (nSPS) is 14.5. The third-order valence-electron chi connectivity index (χ3n) is 2.81. The molecule has 1 heterocycles. The molecule has 1 aromatic heterocycles. The van der Waals surface area contributed by atoms with Crippen LogP contribution in [0.25, 0.3) is 0 Å². The Balaban J connectivity index is 2.02. The molecule has 0 fully saturated rings. The van der Waals surface area contributed by atoms with E-state index in [1.165, 1.54) is 5.56 Å². The van der Waals surface area contributed by atoms with Gasteiger partial charge in [-0.15, -0.1) is 0 Å². The van der Waals surface area contributed by atoms with Crippen LogP contribution in [0.4, 0.5) is 0 Å². The van der Waals surface area contributed by atoms with Crippen LogP contribution < -0.4 is 5.32 Å². The molecule has 0 bridgehead atoms. The summed E-state index contributed by atoms with van der Waals surface area (Å²) in [4.78, 5) is 4.23. The summed E-state index contributed by atoms with van der Waals surface area (Å²) in [7, 11) is 0. The lowest BCUT2D eigenvalue weighted by Crippen LogP contribution is -2.22. The molecule has 2 aromatic rings. The molecule has 3 nitrogen and oxygen atoms in total. The van der Waals surface area contributed by atoms with E-state index in [9.17, 15) is 0 Å². The zero-order valence-corrected chi connectivity index (χ0v) is 10.5. The number of aryl methyl sites for hydroxylation is 1. The molecule has 2 rings (SSSR count). The second-order valence-electron chi connectivity index (χ2n) is 4.33. The molecule has 2 unspecified atom stereocenters. The van der Waals surface area contributed by atoms with E-state index in [1.54, 1.807) is 6.20 Å². The first-order valence-corrected chi connectivity index (χ1v) is 5.90. The van der Waals surface area contributed by atoms with Crippen molar-refractivity contribution in [3.05, 3.63) is 53.7 Å². The Kier molecular flexibility index (Phi) is 3.59. The van der Waals surface area contributed by atoms with Crippen LogP contribution in [-0.2, 0) is 0 Å². The van der Waals surface area contributed by atoms with Crippen LogP contribution >= 0.6 is 0 Å². The van der Waals surface area contributed by atoms with Crippen molar-refractivity contribution in [2.45, 2.75) is 32.9 Å². The molecule has 2 atom stereocenters. The Morgan fingerprint density at radius 3 is 2.41 bits per heavy atom. The molecule has 0 aliphatic carbocycles. The summed E-state index contributed by atoms with van der Waals surface area (Å²) in [6.07, 6.45) is 1.75. The maximum atomic E-state index is 5.51. The second kappa shape index (κ2) is 5.15. The number of aromatic nitrogens is 1. The number of benzene rings is 1. The van der Waals surface area contributed by atoms with Crippen LogP contribution in [0.5, 0.6) is 0 Å². The van der Waals surface area contributed by atoms with Crippen molar-refractivity contribution in [3.8, 4) is 0 Å². The van der Waals surface area contributed by atoms with Crippen LogP contribution in [0.15, 0.2) is 40.9 Å². The Hall–Kier alpha value is -1.61. The fourth-order valence-electron chi connectivity index (χ4n) is 1.86. The van der Waals surface area contributed by atoms with Gasteiger partial charge in [-0.2, -0.15) is 0 Å². The Morgan fingerprint density at radius 2 is 1.82 bits per heavy atom. The van der Waals surface area contributed by atoms with Gasteiger partial charge >= 0.3 is 0 Å². The van der Waals surface area contributed by atoms with E-state index < -0.39 is 0 Å². The number of nitrogens with one attached hydrogen (secondary N) is 1. The smallest absolute Gasteiger partial charge is 0.211 e. The molecule has 0 aliphatic heterocycles. The van der Waals surface area contributed by atoms with Crippen molar-refractivity contribution in [1.82, 2.24) is 10.3 Å². The first kappa shape index (κ1) is 11.9. The summed E-state index contributed by atoms with van der Waals surface area (Å²) in [5, 5.41) is 3.47. The molecule has 0 aliphatic rings. The molecule has 1 N–H and O–H groups in total. The number of nitrogens with zero attached hydrogens (tertiary/aromatic N) is 1. The maximum Gasteiger partial charge on any atom is 0.211 e. The highest BCUT2D eigenvalue weighted by atomic mass is 16.4.